The number of hydrogen-bond donors (Lipinski definition) is 1. The predicted octanol–water partition coefficient (Wildman–Crippen LogP) is 3.20. The average Bonchev–Trinajstić information content (AvgIpc) is 2.90. The van der Waals surface area contributed by atoms with Crippen molar-refractivity contribution in [1.82, 2.24) is 4.90 Å². The molecule has 1 saturated carbocycles. The van der Waals surface area contributed by atoms with Crippen LogP contribution in [-0.2, 0) is 0 Å². The monoisotopic (exact) mass is 281 g/mol. The fourth-order valence-electron chi connectivity index (χ4n) is 3.60. The highest BCUT2D eigenvalue weighted by atomic mass is 35.5. The molecule has 19 heavy (non-hydrogen) atoms. The number of likely N-dealkylation sites (tertiary alicyclic amines) is 1. The van der Waals surface area contributed by atoms with Gasteiger partial charge < -0.3 is 5.11 Å². The summed E-state index contributed by atoms with van der Waals surface area (Å²) in [4.78, 5) is 2.53. The molecule has 2 nitrogen and oxygen atoms in total. The first-order valence-corrected chi connectivity index (χ1v) is 7.31. The van der Waals surface area contributed by atoms with Gasteiger partial charge in [0.2, 0.25) is 0 Å². The van der Waals surface area contributed by atoms with E-state index in [0.29, 0.717) is 12.0 Å². The molecule has 106 valence electrons. The van der Waals surface area contributed by atoms with Gasteiger partial charge in [0.25, 0.3) is 0 Å². The Labute approximate surface area is 122 Å². The van der Waals surface area contributed by atoms with Gasteiger partial charge in [0, 0.05) is 12.6 Å². The van der Waals surface area contributed by atoms with Crippen molar-refractivity contribution in [3.8, 4) is 0 Å². The summed E-state index contributed by atoms with van der Waals surface area (Å²) in [5, 5.41) is 10.1. The normalized spacial score (nSPS) is 31.9. The minimum atomic E-state index is -0.0896. The van der Waals surface area contributed by atoms with Gasteiger partial charge in [-0.25, -0.2) is 0 Å². The highest BCUT2D eigenvalue weighted by molar-refractivity contribution is 5.85. The Kier molecular flexibility index (Phi) is 5.26. The van der Waals surface area contributed by atoms with Gasteiger partial charge in [-0.2, -0.15) is 0 Å². The second-order valence-corrected chi connectivity index (χ2v) is 5.81. The van der Waals surface area contributed by atoms with Gasteiger partial charge >= 0.3 is 0 Å². The van der Waals surface area contributed by atoms with E-state index in [2.05, 4.69) is 35.2 Å². The zero-order chi connectivity index (χ0) is 12.4. The number of halogens is 1. The summed E-state index contributed by atoms with van der Waals surface area (Å²) in [5.74, 6) is 0.667. The van der Waals surface area contributed by atoms with E-state index in [1.54, 1.807) is 0 Å². The lowest BCUT2D eigenvalue weighted by Gasteiger charge is -2.35. The second-order valence-electron chi connectivity index (χ2n) is 5.81. The minimum Gasteiger partial charge on any atom is -0.391 e. The van der Waals surface area contributed by atoms with E-state index in [1.165, 1.54) is 31.2 Å². The topological polar surface area (TPSA) is 23.5 Å². The molecule has 3 rings (SSSR count). The molecule has 0 aromatic heterocycles. The standard InChI is InChI=1S/C16H23NO.ClH/c18-16-9-5-4-8-15(16)17-11-10-14(12-17)13-6-2-1-3-7-13;/h1-3,6-7,14-16,18H,4-5,8-12H2;1H. The van der Waals surface area contributed by atoms with E-state index in [9.17, 15) is 5.11 Å². The van der Waals surface area contributed by atoms with Crippen molar-refractivity contribution >= 4 is 12.4 Å². The smallest absolute Gasteiger partial charge is 0.0695 e. The molecule has 2 fully saturated rings. The zero-order valence-electron chi connectivity index (χ0n) is 11.4. The Balaban J connectivity index is 0.00000133. The largest absolute Gasteiger partial charge is 0.391 e. The van der Waals surface area contributed by atoms with Crippen LogP contribution < -0.4 is 0 Å². The highest BCUT2D eigenvalue weighted by Gasteiger charge is 2.33. The number of hydrogen-bond acceptors (Lipinski definition) is 2. The third-order valence-electron chi connectivity index (χ3n) is 4.65. The summed E-state index contributed by atoms with van der Waals surface area (Å²) in [6, 6.07) is 11.3. The predicted molar refractivity (Wildman–Crippen MR) is 80.9 cm³/mol. The summed E-state index contributed by atoms with van der Waals surface area (Å²) < 4.78 is 0. The van der Waals surface area contributed by atoms with Crippen molar-refractivity contribution in [3.63, 3.8) is 0 Å². The third kappa shape index (κ3) is 3.31. The molecular weight excluding hydrogens is 258 g/mol. The molecule has 3 heteroatoms. The molecule has 1 N–H and O–H groups in total. The van der Waals surface area contributed by atoms with Gasteiger partial charge in [-0.05, 0) is 37.3 Å². The van der Waals surface area contributed by atoms with Crippen molar-refractivity contribution in [2.75, 3.05) is 13.1 Å². The molecular formula is C16H24ClNO. The van der Waals surface area contributed by atoms with Crippen molar-refractivity contribution in [1.29, 1.82) is 0 Å². The van der Waals surface area contributed by atoms with Crippen LogP contribution in [0.4, 0.5) is 0 Å². The van der Waals surface area contributed by atoms with Crippen molar-refractivity contribution in [2.45, 2.75) is 50.2 Å². The number of rotatable bonds is 2. The van der Waals surface area contributed by atoms with Gasteiger partial charge in [0.05, 0.1) is 6.10 Å². The summed E-state index contributed by atoms with van der Waals surface area (Å²) in [5.41, 5.74) is 1.46. The maximum atomic E-state index is 10.1. The van der Waals surface area contributed by atoms with E-state index in [-0.39, 0.29) is 18.5 Å². The van der Waals surface area contributed by atoms with Crippen LogP contribution in [0.25, 0.3) is 0 Å². The van der Waals surface area contributed by atoms with Crippen LogP contribution in [0.3, 0.4) is 0 Å². The Morgan fingerprint density at radius 2 is 1.74 bits per heavy atom. The van der Waals surface area contributed by atoms with Crippen LogP contribution in [0.2, 0.25) is 0 Å². The fraction of sp³-hybridized carbons (Fsp3) is 0.625. The number of aliphatic hydroxyl groups excluding tert-OH is 1. The first kappa shape index (κ1) is 14.8. The molecule has 1 aromatic rings. The number of aliphatic hydroxyl groups is 1. The van der Waals surface area contributed by atoms with Gasteiger partial charge in [-0.15, -0.1) is 12.4 Å². The van der Waals surface area contributed by atoms with Gasteiger partial charge in [-0.3, -0.25) is 4.90 Å². The van der Waals surface area contributed by atoms with E-state index in [0.717, 1.165) is 19.5 Å². The lowest BCUT2D eigenvalue weighted by atomic mass is 9.91. The Morgan fingerprint density at radius 3 is 2.47 bits per heavy atom. The van der Waals surface area contributed by atoms with E-state index in [1.807, 2.05) is 0 Å². The maximum Gasteiger partial charge on any atom is 0.0695 e. The van der Waals surface area contributed by atoms with Crippen LogP contribution in [0, 0.1) is 0 Å². The van der Waals surface area contributed by atoms with Gasteiger partial charge in [0.1, 0.15) is 0 Å². The lowest BCUT2D eigenvalue weighted by Crippen LogP contribution is -2.44. The number of nitrogens with zero attached hydrogens (tertiary/aromatic N) is 1. The maximum absolute atomic E-state index is 10.1. The van der Waals surface area contributed by atoms with E-state index < -0.39 is 0 Å². The molecule has 1 aromatic carbocycles. The first-order chi connectivity index (χ1) is 8.84. The zero-order valence-corrected chi connectivity index (χ0v) is 12.2. The van der Waals surface area contributed by atoms with Crippen LogP contribution >= 0.6 is 12.4 Å². The molecule has 2 aliphatic rings. The van der Waals surface area contributed by atoms with E-state index >= 15 is 0 Å². The molecule has 1 saturated heterocycles. The number of benzene rings is 1. The first-order valence-electron chi connectivity index (χ1n) is 7.31. The Hall–Kier alpha value is -0.570. The van der Waals surface area contributed by atoms with Crippen LogP contribution in [-0.4, -0.2) is 35.2 Å². The Bertz CT molecular complexity index is 384. The SMILES string of the molecule is Cl.OC1CCCCC1N1CCC(c2ccccc2)C1. The molecule has 1 aliphatic carbocycles. The van der Waals surface area contributed by atoms with Crippen molar-refractivity contribution in [3.05, 3.63) is 35.9 Å². The van der Waals surface area contributed by atoms with Gasteiger partial charge in [0.15, 0.2) is 0 Å². The molecule has 3 unspecified atom stereocenters. The van der Waals surface area contributed by atoms with E-state index in [4.69, 9.17) is 0 Å². The summed E-state index contributed by atoms with van der Waals surface area (Å²) >= 11 is 0. The molecule has 0 spiro atoms. The van der Waals surface area contributed by atoms with Crippen LogP contribution in [0.15, 0.2) is 30.3 Å². The summed E-state index contributed by atoms with van der Waals surface area (Å²) in [6.07, 6.45) is 5.82. The minimum absolute atomic E-state index is 0. The highest BCUT2D eigenvalue weighted by Crippen LogP contribution is 2.32. The summed E-state index contributed by atoms with van der Waals surface area (Å²) in [6.45, 7) is 2.28. The molecule has 0 amide bonds. The molecule has 3 atom stereocenters. The average molecular weight is 282 g/mol. The van der Waals surface area contributed by atoms with Gasteiger partial charge in [-0.1, -0.05) is 43.2 Å². The molecule has 1 heterocycles. The van der Waals surface area contributed by atoms with Crippen LogP contribution in [0.5, 0.6) is 0 Å². The Morgan fingerprint density at radius 1 is 1.00 bits per heavy atom. The molecule has 0 radical (unpaired) electrons. The van der Waals surface area contributed by atoms with Crippen molar-refractivity contribution < 1.29 is 5.11 Å². The molecule has 0 bridgehead atoms. The molecule has 1 aliphatic heterocycles. The lowest BCUT2D eigenvalue weighted by molar-refractivity contribution is 0.0305. The quantitative estimate of drug-likeness (QED) is 0.900. The third-order valence-corrected chi connectivity index (χ3v) is 4.65. The fourth-order valence-corrected chi connectivity index (χ4v) is 3.60. The second kappa shape index (κ2) is 6.74. The van der Waals surface area contributed by atoms with Crippen molar-refractivity contribution in [2.24, 2.45) is 0 Å². The van der Waals surface area contributed by atoms with Crippen LogP contribution in [0.1, 0.15) is 43.6 Å². The summed E-state index contributed by atoms with van der Waals surface area (Å²) in [7, 11) is 0.